The SMILES string of the molecule is O=C(CCN1CCCCC1)Nc1ccc2c(c1)/C(=C\c1cccc3ccccc13)C(=O)N2. The van der Waals surface area contributed by atoms with E-state index in [2.05, 4.69) is 33.7 Å². The number of rotatable bonds is 5. The smallest absolute Gasteiger partial charge is 0.256 e. The van der Waals surface area contributed by atoms with Crippen molar-refractivity contribution < 1.29 is 9.59 Å². The number of anilines is 2. The van der Waals surface area contributed by atoms with Crippen LogP contribution < -0.4 is 10.6 Å². The van der Waals surface area contributed by atoms with Gasteiger partial charge in [-0.2, -0.15) is 0 Å². The molecular weight excluding hydrogens is 398 g/mol. The Bertz CT molecular complexity index is 1200. The Morgan fingerprint density at radius 2 is 1.81 bits per heavy atom. The third-order valence-corrected chi connectivity index (χ3v) is 6.31. The van der Waals surface area contributed by atoms with Crippen LogP contribution in [0.3, 0.4) is 0 Å². The van der Waals surface area contributed by atoms with Gasteiger partial charge in [0.15, 0.2) is 0 Å². The molecule has 5 rings (SSSR count). The van der Waals surface area contributed by atoms with Crippen LogP contribution in [0.5, 0.6) is 0 Å². The molecule has 2 N–H and O–H groups in total. The molecule has 32 heavy (non-hydrogen) atoms. The van der Waals surface area contributed by atoms with Crippen molar-refractivity contribution >= 4 is 45.6 Å². The molecule has 0 unspecified atom stereocenters. The van der Waals surface area contributed by atoms with Crippen LogP contribution in [0.2, 0.25) is 0 Å². The van der Waals surface area contributed by atoms with Crippen molar-refractivity contribution in [2.24, 2.45) is 0 Å². The lowest BCUT2D eigenvalue weighted by Gasteiger charge is -2.25. The van der Waals surface area contributed by atoms with Gasteiger partial charge < -0.3 is 15.5 Å². The minimum absolute atomic E-state index is 0.00684. The van der Waals surface area contributed by atoms with Crippen LogP contribution in [0.25, 0.3) is 22.4 Å². The molecular formula is C27H27N3O2. The van der Waals surface area contributed by atoms with E-state index in [1.54, 1.807) is 0 Å². The maximum atomic E-state index is 12.7. The van der Waals surface area contributed by atoms with E-state index in [9.17, 15) is 9.59 Å². The van der Waals surface area contributed by atoms with E-state index in [4.69, 9.17) is 0 Å². The number of benzene rings is 3. The zero-order valence-electron chi connectivity index (χ0n) is 18.1. The highest BCUT2D eigenvalue weighted by atomic mass is 16.2. The van der Waals surface area contributed by atoms with E-state index in [1.807, 2.05) is 48.5 Å². The van der Waals surface area contributed by atoms with Crippen LogP contribution in [-0.2, 0) is 9.59 Å². The lowest BCUT2D eigenvalue weighted by atomic mass is 9.99. The minimum Gasteiger partial charge on any atom is -0.326 e. The molecule has 3 aromatic rings. The number of piperidine rings is 1. The van der Waals surface area contributed by atoms with Crippen LogP contribution in [-0.4, -0.2) is 36.3 Å². The first-order chi connectivity index (χ1) is 15.7. The summed E-state index contributed by atoms with van der Waals surface area (Å²) in [7, 11) is 0. The van der Waals surface area contributed by atoms with Crippen LogP contribution in [0.15, 0.2) is 60.7 Å². The second kappa shape index (κ2) is 8.97. The first-order valence-corrected chi connectivity index (χ1v) is 11.3. The molecule has 2 aliphatic rings. The Morgan fingerprint density at radius 3 is 2.69 bits per heavy atom. The Hall–Kier alpha value is -3.44. The minimum atomic E-state index is -0.124. The number of carbonyl (C=O) groups excluding carboxylic acids is 2. The average Bonchev–Trinajstić information content (AvgIpc) is 3.13. The normalized spacial score (nSPS) is 17.4. The number of hydrogen-bond donors (Lipinski definition) is 2. The van der Waals surface area contributed by atoms with Crippen molar-refractivity contribution in [3.8, 4) is 0 Å². The van der Waals surface area contributed by atoms with Gasteiger partial charge in [-0.15, -0.1) is 0 Å². The molecule has 2 aliphatic heterocycles. The third kappa shape index (κ3) is 4.30. The van der Waals surface area contributed by atoms with E-state index >= 15 is 0 Å². The quantitative estimate of drug-likeness (QED) is 0.556. The molecule has 3 aromatic carbocycles. The lowest BCUT2D eigenvalue weighted by molar-refractivity contribution is -0.116. The van der Waals surface area contributed by atoms with Gasteiger partial charge in [0.25, 0.3) is 5.91 Å². The van der Waals surface area contributed by atoms with Crippen molar-refractivity contribution in [2.45, 2.75) is 25.7 Å². The highest BCUT2D eigenvalue weighted by Gasteiger charge is 2.25. The maximum Gasteiger partial charge on any atom is 0.256 e. The fourth-order valence-corrected chi connectivity index (χ4v) is 4.61. The number of nitrogens with one attached hydrogen (secondary N) is 2. The molecule has 0 spiro atoms. The highest BCUT2D eigenvalue weighted by Crippen LogP contribution is 2.36. The van der Waals surface area contributed by atoms with Gasteiger partial charge in [0.05, 0.1) is 0 Å². The topological polar surface area (TPSA) is 61.4 Å². The molecule has 0 saturated carbocycles. The van der Waals surface area contributed by atoms with Crippen molar-refractivity contribution in [1.29, 1.82) is 0 Å². The molecule has 0 radical (unpaired) electrons. The summed E-state index contributed by atoms with van der Waals surface area (Å²) >= 11 is 0. The number of carbonyl (C=O) groups is 2. The molecule has 0 aromatic heterocycles. The summed E-state index contributed by atoms with van der Waals surface area (Å²) in [6.45, 7) is 2.97. The zero-order valence-corrected chi connectivity index (χ0v) is 18.1. The molecule has 0 atom stereocenters. The van der Waals surface area contributed by atoms with E-state index in [0.29, 0.717) is 17.7 Å². The predicted molar refractivity (Wildman–Crippen MR) is 130 cm³/mol. The molecule has 5 heteroatoms. The molecule has 5 nitrogen and oxygen atoms in total. The molecule has 0 bridgehead atoms. The number of amides is 2. The second-order valence-corrected chi connectivity index (χ2v) is 8.54. The number of fused-ring (bicyclic) bond motifs is 2. The highest BCUT2D eigenvalue weighted by molar-refractivity contribution is 6.35. The molecule has 162 valence electrons. The largest absolute Gasteiger partial charge is 0.326 e. The monoisotopic (exact) mass is 425 g/mol. The van der Waals surface area contributed by atoms with E-state index in [0.717, 1.165) is 47.2 Å². The van der Waals surface area contributed by atoms with Crippen LogP contribution >= 0.6 is 0 Å². The fraction of sp³-hybridized carbons (Fsp3) is 0.259. The maximum absolute atomic E-state index is 12.7. The molecule has 0 aliphatic carbocycles. The Balaban J connectivity index is 1.36. The summed E-state index contributed by atoms with van der Waals surface area (Å²) in [6.07, 6.45) is 6.15. The van der Waals surface area contributed by atoms with E-state index in [1.165, 1.54) is 19.3 Å². The van der Waals surface area contributed by atoms with Crippen LogP contribution in [0, 0.1) is 0 Å². The van der Waals surface area contributed by atoms with E-state index < -0.39 is 0 Å². The van der Waals surface area contributed by atoms with E-state index in [-0.39, 0.29) is 11.8 Å². The van der Waals surface area contributed by atoms with Gasteiger partial charge in [-0.05, 0) is 66.5 Å². The zero-order chi connectivity index (χ0) is 21.9. The number of likely N-dealkylation sites (tertiary alicyclic amines) is 1. The predicted octanol–water partition coefficient (Wildman–Crippen LogP) is 5.15. The fourth-order valence-electron chi connectivity index (χ4n) is 4.61. The summed E-state index contributed by atoms with van der Waals surface area (Å²) in [6, 6.07) is 19.8. The van der Waals surface area contributed by atoms with Gasteiger partial charge >= 0.3 is 0 Å². The van der Waals surface area contributed by atoms with Crippen molar-refractivity contribution in [1.82, 2.24) is 4.90 Å². The van der Waals surface area contributed by atoms with Crippen molar-refractivity contribution in [3.63, 3.8) is 0 Å². The summed E-state index contributed by atoms with van der Waals surface area (Å²) < 4.78 is 0. The van der Waals surface area contributed by atoms with Gasteiger partial charge in [0.2, 0.25) is 5.91 Å². The lowest BCUT2D eigenvalue weighted by Crippen LogP contribution is -2.32. The molecule has 1 fully saturated rings. The second-order valence-electron chi connectivity index (χ2n) is 8.54. The van der Waals surface area contributed by atoms with Crippen molar-refractivity contribution in [2.75, 3.05) is 30.3 Å². The first-order valence-electron chi connectivity index (χ1n) is 11.3. The summed E-state index contributed by atoms with van der Waals surface area (Å²) in [5.74, 6) is -0.117. The van der Waals surface area contributed by atoms with Gasteiger partial charge in [-0.3, -0.25) is 9.59 Å². The third-order valence-electron chi connectivity index (χ3n) is 6.31. The molecule has 2 heterocycles. The van der Waals surface area contributed by atoms with Gasteiger partial charge in [0.1, 0.15) is 0 Å². The molecule has 1 saturated heterocycles. The standard InChI is InChI=1S/C27H27N3O2/c31-26(13-16-30-14-4-1-5-15-30)28-21-11-12-25-23(18-21)24(27(32)29-25)17-20-9-6-8-19-7-2-3-10-22(19)20/h2-3,6-12,17-18H,1,4-5,13-16H2,(H,28,31)(H,29,32)/b24-17+. The first kappa shape index (κ1) is 20.5. The summed E-state index contributed by atoms with van der Waals surface area (Å²) in [4.78, 5) is 27.6. The Labute approximate surface area is 188 Å². The Kier molecular flexibility index (Phi) is 5.73. The van der Waals surface area contributed by atoms with Gasteiger partial charge in [-0.25, -0.2) is 0 Å². The van der Waals surface area contributed by atoms with Crippen molar-refractivity contribution in [3.05, 3.63) is 71.8 Å². The molecule has 2 amide bonds. The summed E-state index contributed by atoms with van der Waals surface area (Å²) in [5.41, 5.74) is 3.91. The summed E-state index contributed by atoms with van der Waals surface area (Å²) in [5, 5.41) is 8.18. The average molecular weight is 426 g/mol. The van der Waals surface area contributed by atoms with Crippen LogP contribution in [0.1, 0.15) is 36.8 Å². The van der Waals surface area contributed by atoms with Crippen LogP contribution in [0.4, 0.5) is 11.4 Å². The van der Waals surface area contributed by atoms with Gasteiger partial charge in [-0.1, -0.05) is 48.9 Å². The Morgan fingerprint density at radius 1 is 1.00 bits per heavy atom. The number of nitrogens with zero attached hydrogens (tertiary/aromatic N) is 1. The van der Waals surface area contributed by atoms with Gasteiger partial charge in [0, 0.05) is 35.5 Å². The number of hydrogen-bond acceptors (Lipinski definition) is 3.